The molecule has 0 aromatic carbocycles. The van der Waals surface area contributed by atoms with Crippen LogP contribution in [-0.2, 0) is 0 Å². The van der Waals surface area contributed by atoms with Crippen LogP contribution >= 0.6 is 0 Å². The molecule has 0 fully saturated rings. The Kier molecular flexibility index (Phi) is 25.3. The lowest BCUT2D eigenvalue weighted by Gasteiger charge is -1.71. The zero-order valence-corrected chi connectivity index (χ0v) is 3.74. The molecule has 0 aromatic heterocycles. The van der Waals surface area contributed by atoms with Crippen LogP contribution in [0.3, 0.4) is 0 Å². The number of nitrogens with zero attached hydrogens (tertiary/aromatic N) is 1. The van der Waals surface area contributed by atoms with E-state index in [9.17, 15) is 0 Å². The highest BCUT2D eigenvalue weighted by Gasteiger charge is 1.56. The molecule has 0 aliphatic carbocycles. The summed E-state index contributed by atoms with van der Waals surface area (Å²) >= 11 is 0. The summed E-state index contributed by atoms with van der Waals surface area (Å²) in [5.74, 6) is 0. The lowest BCUT2D eigenvalue weighted by atomic mass is 10.8. The quantitative estimate of drug-likeness (QED) is 0.299. The predicted octanol–water partition coefficient (Wildman–Crippen LogP) is -0.921. The van der Waals surface area contributed by atoms with Crippen LogP contribution in [0.15, 0.2) is 5.34 Å². The summed E-state index contributed by atoms with van der Waals surface area (Å²) in [6.07, 6.45) is 0. The van der Waals surface area contributed by atoms with Crippen LogP contribution in [0.25, 0.3) is 0 Å². The molecule has 44 valence electrons. The molecule has 4 N–H and O–H groups in total. The molecule has 5 heteroatoms. The normalized spacial score (nSPS) is 6.00. The average Bonchev–Trinajstić information content (AvgIpc) is 1.69. The number of aliphatic hydroxyl groups is 1. The largest absolute Gasteiger partial charge is 0.395 e. The van der Waals surface area contributed by atoms with Crippen molar-refractivity contribution in [2.24, 2.45) is 11.1 Å². The summed E-state index contributed by atoms with van der Waals surface area (Å²) in [4.78, 5) is 8.11. The highest BCUT2D eigenvalue weighted by molar-refractivity contribution is 4.17. The van der Waals surface area contributed by atoms with Crippen LogP contribution in [0.5, 0.6) is 0 Å². The number of aliphatic hydroxyl groups excluding tert-OH is 1. The van der Waals surface area contributed by atoms with E-state index in [4.69, 9.17) is 21.0 Å². The van der Waals surface area contributed by atoms with Crippen molar-refractivity contribution >= 4 is 0 Å². The first-order valence-corrected chi connectivity index (χ1v) is 1.61. The van der Waals surface area contributed by atoms with Gasteiger partial charge in [0, 0.05) is 6.54 Å². The molecular formula is C2H8N2O3. The third-order valence-electron chi connectivity index (χ3n) is 0.129. The maximum absolute atomic E-state index is 8.11. The van der Waals surface area contributed by atoms with Crippen molar-refractivity contribution in [1.29, 1.82) is 0 Å². The van der Waals surface area contributed by atoms with Crippen molar-refractivity contribution in [2.75, 3.05) is 13.2 Å². The lowest BCUT2D eigenvalue weighted by Crippen LogP contribution is -2.02. The van der Waals surface area contributed by atoms with Crippen molar-refractivity contribution in [3.8, 4) is 0 Å². The molecule has 0 unspecified atom stereocenters. The first kappa shape index (κ1) is 9.58. The van der Waals surface area contributed by atoms with Gasteiger partial charge in [0.1, 0.15) is 0 Å². The Morgan fingerprint density at radius 3 is 1.86 bits per heavy atom. The topological polar surface area (TPSA) is 95.9 Å². The first-order valence-electron chi connectivity index (χ1n) is 1.61. The van der Waals surface area contributed by atoms with Gasteiger partial charge in [0.25, 0.3) is 0 Å². The number of nitrogens with two attached hydrogens (primary N) is 1. The molecule has 5 nitrogen and oxygen atoms in total. The van der Waals surface area contributed by atoms with Gasteiger partial charge in [-0.1, -0.05) is 0 Å². The molecule has 0 heterocycles. The highest BCUT2D eigenvalue weighted by Crippen LogP contribution is 1.33. The minimum absolute atomic E-state index is 0.0972. The molecule has 0 bridgehead atoms. The summed E-state index contributed by atoms with van der Waals surface area (Å²) in [6.45, 7) is 0.472. The number of hydrogen-bond donors (Lipinski definition) is 3. The Labute approximate surface area is 40.7 Å². The minimum atomic E-state index is 0.0972. The first-order chi connectivity index (χ1) is 3.33. The standard InChI is InChI=1S/C2H7NO.HNO2/c3-1-2-4;2-1-3/h4H,1-3H2;(H,2,3). The van der Waals surface area contributed by atoms with E-state index < -0.39 is 0 Å². The Balaban J connectivity index is 0. The van der Waals surface area contributed by atoms with Crippen molar-refractivity contribution in [3.05, 3.63) is 4.91 Å². The van der Waals surface area contributed by atoms with Gasteiger partial charge in [-0.05, 0) is 0 Å². The van der Waals surface area contributed by atoms with Crippen LogP contribution in [0, 0.1) is 4.91 Å². The minimum Gasteiger partial charge on any atom is -0.395 e. The van der Waals surface area contributed by atoms with E-state index in [1.54, 1.807) is 0 Å². The maximum atomic E-state index is 8.11. The van der Waals surface area contributed by atoms with E-state index in [1.807, 2.05) is 0 Å². The van der Waals surface area contributed by atoms with Gasteiger partial charge in [-0.25, -0.2) is 0 Å². The molecule has 0 atom stereocenters. The summed E-state index contributed by atoms with van der Waals surface area (Å²) in [5, 5.41) is 15.6. The van der Waals surface area contributed by atoms with Gasteiger partial charge >= 0.3 is 0 Å². The van der Waals surface area contributed by atoms with E-state index in [0.717, 1.165) is 0 Å². The second kappa shape index (κ2) is 18.4. The Morgan fingerprint density at radius 1 is 1.71 bits per heavy atom. The molecule has 0 saturated heterocycles. The van der Waals surface area contributed by atoms with Crippen molar-refractivity contribution < 1.29 is 10.3 Å². The summed E-state index contributed by atoms with van der Waals surface area (Å²) in [7, 11) is 0. The predicted molar refractivity (Wildman–Crippen MR) is 23.7 cm³/mol. The molecule has 0 rings (SSSR count). The van der Waals surface area contributed by atoms with Gasteiger partial charge in [-0.2, -0.15) is 0 Å². The molecular weight excluding hydrogens is 100 g/mol. The van der Waals surface area contributed by atoms with Gasteiger partial charge in [-0.15, -0.1) is 4.91 Å². The van der Waals surface area contributed by atoms with Crippen LogP contribution in [0.4, 0.5) is 0 Å². The van der Waals surface area contributed by atoms with E-state index in [0.29, 0.717) is 6.54 Å². The summed E-state index contributed by atoms with van der Waals surface area (Å²) in [5.41, 5.74) is 4.78. The Bertz CT molecular complexity index is 30.1. The van der Waals surface area contributed by atoms with Gasteiger partial charge in [-0.3, -0.25) is 0 Å². The van der Waals surface area contributed by atoms with E-state index >= 15 is 0 Å². The van der Waals surface area contributed by atoms with Crippen LogP contribution in [-0.4, -0.2) is 23.5 Å². The van der Waals surface area contributed by atoms with E-state index in [1.165, 1.54) is 5.34 Å². The molecule has 0 aromatic rings. The molecule has 0 spiro atoms. The third-order valence-corrected chi connectivity index (χ3v) is 0.129. The fourth-order valence-electron chi connectivity index (χ4n) is 0. The molecule has 0 aliphatic heterocycles. The van der Waals surface area contributed by atoms with Gasteiger partial charge in [0.2, 0.25) is 0 Å². The fourth-order valence-corrected chi connectivity index (χ4v) is 0. The second-order valence-electron chi connectivity index (χ2n) is 0.594. The van der Waals surface area contributed by atoms with Crippen LogP contribution < -0.4 is 5.73 Å². The SMILES string of the molecule is NCCO.O=NO. The Morgan fingerprint density at radius 2 is 1.86 bits per heavy atom. The van der Waals surface area contributed by atoms with Crippen molar-refractivity contribution in [1.82, 2.24) is 0 Å². The van der Waals surface area contributed by atoms with Gasteiger partial charge < -0.3 is 16.0 Å². The smallest absolute Gasteiger partial charge is 0.152 e. The maximum Gasteiger partial charge on any atom is 0.152 e. The lowest BCUT2D eigenvalue weighted by molar-refractivity contribution is 0.306. The van der Waals surface area contributed by atoms with Crippen molar-refractivity contribution in [2.45, 2.75) is 0 Å². The van der Waals surface area contributed by atoms with E-state index in [-0.39, 0.29) is 6.61 Å². The zero-order chi connectivity index (χ0) is 6.12. The highest BCUT2D eigenvalue weighted by atomic mass is 16.6. The van der Waals surface area contributed by atoms with Crippen molar-refractivity contribution in [3.63, 3.8) is 0 Å². The zero-order valence-electron chi connectivity index (χ0n) is 3.74. The summed E-state index contributed by atoms with van der Waals surface area (Å²) in [6, 6.07) is 0. The number of rotatable bonds is 1. The summed E-state index contributed by atoms with van der Waals surface area (Å²) < 4.78 is 0. The average molecular weight is 108 g/mol. The Hall–Kier alpha value is -0.680. The van der Waals surface area contributed by atoms with Gasteiger partial charge in [0.15, 0.2) is 5.34 Å². The molecule has 0 amide bonds. The number of hydrogen-bond acceptors (Lipinski definition) is 4. The van der Waals surface area contributed by atoms with Crippen LogP contribution in [0.1, 0.15) is 0 Å². The van der Waals surface area contributed by atoms with E-state index in [2.05, 4.69) is 0 Å². The monoisotopic (exact) mass is 108 g/mol. The fraction of sp³-hybridized carbons (Fsp3) is 1.00. The molecule has 0 aliphatic rings. The second-order valence-corrected chi connectivity index (χ2v) is 0.594. The van der Waals surface area contributed by atoms with Gasteiger partial charge in [0.05, 0.1) is 6.61 Å². The molecule has 0 radical (unpaired) electrons. The molecule has 7 heavy (non-hydrogen) atoms. The third kappa shape index (κ3) is 573. The molecule has 0 saturated carbocycles. The van der Waals surface area contributed by atoms with Crippen LogP contribution in [0.2, 0.25) is 0 Å².